The van der Waals surface area contributed by atoms with Gasteiger partial charge in [0.1, 0.15) is 5.60 Å². The van der Waals surface area contributed by atoms with Crippen LogP contribution in [0.5, 0.6) is 0 Å². The molecule has 0 saturated heterocycles. The maximum Gasteiger partial charge on any atom is 0.407 e. The van der Waals surface area contributed by atoms with Crippen molar-refractivity contribution < 1.29 is 24.2 Å². The van der Waals surface area contributed by atoms with Crippen molar-refractivity contribution in [3.8, 4) is 0 Å². The third-order valence-corrected chi connectivity index (χ3v) is 2.86. The Balaban J connectivity index is 2.66. The molecule has 1 aliphatic rings. The highest BCUT2D eigenvalue weighted by atomic mass is 16.6. The standard InChI is InChI=1S/C12H21NO5/c1-11(2,3)18-10(15)13-8-6-5-7-12(8,16)9(14)17-4/h8,16H,5-7H2,1-4H3,(H,13,15)/t8-,12-/m1/s1. The highest BCUT2D eigenvalue weighted by molar-refractivity contribution is 5.82. The molecular formula is C12H21NO5. The van der Waals surface area contributed by atoms with Crippen LogP contribution >= 0.6 is 0 Å². The minimum atomic E-state index is -1.65. The summed E-state index contributed by atoms with van der Waals surface area (Å²) >= 11 is 0. The smallest absolute Gasteiger partial charge is 0.407 e. The Morgan fingerprint density at radius 3 is 2.50 bits per heavy atom. The van der Waals surface area contributed by atoms with E-state index in [9.17, 15) is 14.7 Å². The molecule has 0 aromatic carbocycles. The Bertz CT molecular complexity index is 336. The molecular weight excluding hydrogens is 238 g/mol. The largest absolute Gasteiger partial charge is 0.467 e. The molecule has 2 atom stereocenters. The first kappa shape index (κ1) is 14.8. The van der Waals surface area contributed by atoms with Crippen LogP contribution in [-0.4, -0.2) is 41.5 Å². The molecule has 0 bridgehead atoms. The molecule has 1 saturated carbocycles. The Morgan fingerprint density at radius 2 is 2.00 bits per heavy atom. The van der Waals surface area contributed by atoms with Crippen molar-refractivity contribution in [1.29, 1.82) is 0 Å². The lowest BCUT2D eigenvalue weighted by Crippen LogP contribution is -2.55. The van der Waals surface area contributed by atoms with Gasteiger partial charge in [0.2, 0.25) is 0 Å². The summed E-state index contributed by atoms with van der Waals surface area (Å²) in [6, 6.07) is -0.667. The molecule has 1 rings (SSSR count). The molecule has 0 aromatic rings. The van der Waals surface area contributed by atoms with Crippen molar-refractivity contribution in [3.63, 3.8) is 0 Å². The van der Waals surface area contributed by atoms with Crippen LogP contribution in [0.3, 0.4) is 0 Å². The highest BCUT2D eigenvalue weighted by Crippen LogP contribution is 2.31. The fourth-order valence-electron chi connectivity index (χ4n) is 2.05. The van der Waals surface area contributed by atoms with Gasteiger partial charge >= 0.3 is 12.1 Å². The summed E-state index contributed by atoms with van der Waals surface area (Å²) in [6.45, 7) is 5.23. The van der Waals surface area contributed by atoms with Crippen molar-refractivity contribution in [3.05, 3.63) is 0 Å². The third-order valence-electron chi connectivity index (χ3n) is 2.86. The molecule has 104 valence electrons. The summed E-state index contributed by atoms with van der Waals surface area (Å²) in [5.41, 5.74) is -2.27. The number of carbonyl (C=O) groups excluding carboxylic acids is 2. The molecule has 0 spiro atoms. The molecule has 0 radical (unpaired) electrons. The minimum absolute atomic E-state index is 0.278. The zero-order valence-electron chi connectivity index (χ0n) is 11.3. The van der Waals surface area contributed by atoms with Gasteiger partial charge in [0.05, 0.1) is 13.2 Å². The number of carbonyl (C=O) groups is 2. The summed E-state index contributed by atoms with van der Waals surface area (Å²) in [5, 5.41) is 12.8. The van der Waals surface area contributed by atoms with Gasteiger partial charge in [0.15, 0.2) is 5.60 Å². The number of alkyl carbamates (subject to hydrolysis) is 1. The van der Waals surface area contributed by atoms with E-state index in [1.165, 1.54) is 7.11 Å². The Hall–Kier alpha value is -1.30. The lowest BCUT2D eigenvalue weighted by atomic mass is 9.98. The average molecular weight is 259 g/mol. The van der Waals surface area contributed by atoms with E-state index in [2.05, 4.69) is 10.1 Å². The number of amides is 1. The van der Waals surface area contributed by atoms with Crippen molar-refractivity contribution in [2.75, 3.05) is 7.11 Å². The summed E-state index contributed by atoms with van der Waals surface area (Å²) in [7, 11) is 1.21. The number of methoxy groups -OCH3 is 1. The fraction of sp³-hybridized carbons (Fsp3) is 0.833. The summed E-state index contributed by atoms with van der Waals surface area (Å²) in [6.07, 6.45) is 0.800. The van der Waals surface area contributed by atoms with E-state index in [4.69, 9.17) is 4.74 Å². The first-order valence-electron chi connectivity index (χ1n) is 5.99. The van der Waals surface area contributed by atoms with Crippen molar-refractivity contribution >= 4 is 12.1 Å². The molecule has 0 heterocycles. The van der Waals surface area contributed by atoms with Gasteiger partial charge in [-0.1, -0.05) is 0 Å². The fourth-order valence-corrected chi connectivity index (χ4v) is 2.05. The van der Waals surface area contributed by atoms with Gasteiger partial charge in [-0.3, -0.25) is 0 Å². The van der Waals surface area contributed by atoms with Crippen LogP contribution in [0, 0.1) is 0 Å². The lowest BCUT2D eigenvalue weighted by Gasteiger charge is -2.29. The molecule has 1 aliphatic carbocycles. The Morgan fingerprint density at radius 1 is 1.39 bits per heavy atom. The molecule has 0 unspecified atom stereocenters. The van der Waals surface area contributed by atoms with Crippen LogP contribution in [0.25, 0.3) is 0 Å². The first-order valence-corrected chi connectivity index (χ1v) is 5.99. The highest BCUT2D eigenvalue weighted by Gasteiger charge is 2.49. The van der Waals surface area contributed by atoms with Crippen molar-refractivity contribution in [1.82, 2.24) is 5.32 Å². The van der Waals surface area contributed by atoms with Crippen molar-refractivity contribution in [2.24, 2.45) is 0 Å². The number of rotatable bonds is 2. The van der Waals surface area contributed by atoms with Crippen LogP contribution in [0.2, 0.25) is 0 Å². The number of aliphatic hydroxyl groups is 1. The molecule has 0 aromatic heterocycles. The predicted octanol–water partition coefficient (Wildman–Crippen LogP) is 0.968. The Labute approximate surface area is 107 Å². The number of hydrogen-bond acceptors (Lipinski definition) is 5. The van der Waals surface area contributed by atoms with Gasteiger partial charge in [0, 0.05) is 0 Å². The van der Waals surface area contributed by atoms with E-state index in [0.717, 1.165) is 0 Å². The second kappa shape index (κ2) is 5.14. The topological polar surface area (TPSA) is 84.9 Å². The van der Waals surface area contributed by atoms with E-state index in [0.29, 0.717) is 12.8 Å². The van der Waals surface area contributed by atoms with Gasteiger partial charge in [-0.15, -0.1) is 0 Å². The molecule has 1 amide bonds. The van der Waals surface area contributed by atoms with Crippen LogP contribution < -0.4 is 5.32 Å². The van der Waals surface area contributed by atoms with E-state index in [-0.39, 0.29) is 6.42 Å². The quantitative estimate of drug-likeness (QED) is 0.722. The molecule has 6 nitrogen and oxygen atoms in total. The van der Waals surface area contributed by atoms with Crippen molar-refractivity contribution in [2.45, 2.75) is 57.3 Å². The van der Waals surface area contributed by atoms with E-state index in [1.54, 1.807) is 20.8 Å². The normalized spacial score (nSPS) is 27.7. The van der Waals surface area contributed by atoms with Crippen LogP contribution in [-0.2, 0) is 14.3 Å². The molecule has 18 heavy (non-hydrogen) atoms. The average Bonchev–Trinajstić information content (AvgIpc) is 2.57. The number of ether oxygens (including phenoxy) is 2. The van der Waals surface area contributed by atoms with Crippen LogP contribution in [0.1, 0.15) is 40.0 Å². The maximum absolute atomic E-state index is 11.6. The second-order valence-corrected chi connectivity index (χ2v) is 5.51. The minimum Gasteiger partial charge on any atom is -0.467 e. The maximum atomic E-state index is 11.6. The number of nitrogens with one attached hydrogen (secondary N) is 1. The summed E-state index contributed by atoms with van der Waals surface area (Å²) in [5.74, 6) is -0.721. The van der Waals surface area contributed by atoms with E-state index >= 15 is 0 Å². The monoisotopic (exact) mass is 259 g/mol. The van der Waals surface area contributed by atoms with Gasteiger partial charge in [-0.25, -0.2) is 9.59 Å². The van der Waals surface area contributed by atoms with E-state index < -0.39 is 29.3 Å². The zero-order valence-corrected chi connectivity index (χ0v) is 11.3. The van der Waals surface area contributed by atoms with Gasteiger partial charge in [0.25, 0.3) is 0 Å². The summed E-state index contributed by atoms with van der Waals surface area (Å²) < 4.78 is 9.66. The van der Waals surface area contributed by atoms with Gasteiger partial charge in [-0.2, -0.15) is 0 Å². The Kier molecular flexibility index (Phi) is 4.21. The first-order chi connectivity index (χ1) is 8.19. The van der Waals surface area contributed by atoms with Gasteiger partial charge < -0.3 is 19.9 Å². The molecule has 6 heteroatoms. The third kappa shape index (κ3) is 3.35. The lowest BCUT2D eigenvalue weighted by molar-refractivity contribution is -0.163. The molecule has 0 aliphatic heterocycles. The van der Waals surface area contributed by atoms with Crippen LogP contribution in [0.15, 0.2) is 0 Å². The van der Waals surface area contributed by atoms with Gasteiger partial charge in [-0.05, 0) is 40.0 Å². The van der Waals surface area contributed by atoms with E-state index in [1.807, 2.05) is 0 Å². The van der Waals surface area contributed by atoms with Crippen LogP contribution in [0.4, 0.5) is 4.79 Å². The molecule has 2 N–H and O–H groups in total. The SMILES string of the molecule is COC(=O)[C@@]1(O)CCC[C@H]1NC(=O)OC(C)(C)C. The zero-order chi connectivity index (χ0) is 14.0. The molecule has 1 fully saturated rings. The summed E-state index contributed by atoms with van der Waals surface area (Å²) in [4.78, 5) is 23.2. The second-order valence-electron chi connectivity index (χ2n) is 5.51. The number of hydrogen-bond donors (Lipinski definition) is 2. The number of esters is 1. The predicted molar refractivity (Wildman–Crippen MR) is 64.0 cm³/mol.